The number of carboxylic acid groups (broad SMARTS) is 1. The normalized spacial score (nSPS) is 30.5. The average molecular weight is 412 g/mol. The minimum absolute atomic E-state index is 0.343. The summed E-state index contributed by atoms with van der Waals surface area (Å²) in [7, 11) is 0. The van der Waals surface area contributed by atoms with E-state index >= 15 is 0 Å². The number of carboxylic acids is 1. The van der Waals surface area contributed by atoms with Crippen LogP contribution >= 0.6 is 11.8 Å². The van der Waals surface area contributed by atoms with Crippen LogP contribution in [0.1, 0.15) is 17.5 Å². The molecule has 28 heavy (non-hydrogen) atoms. The lowest BCUT2D eigenvalue weighted by atomic mass is 9.99. The van der Waals surface area contributed by atoms with Crippen LogP contribution in [0.4, 0.5) is 5.69 Å². The summed E-state index contributed by atoms with van der Waals surface area (Å²) in [5.74, 6) is -0.0960. The first-order valence-corrected chi connectivity index (χ1v) is 9.91. The SMILES string of the molecule is Cc1cc(O[C@@H]2O[C@H](C(=O)O)[C@@H](O)[C@H](O)[C@H]2O)cc(C)c1NC1=NCCCS1. The van der Waals surface area contributed by atoms with Crippen molar-refractivity contribution in [1.29, 1.82) is 0 Å². The number of thioether (sulfide) groups is 1. The van der Waals surface area contributed by atoms with Crippen molar-refractivity contribution in [2.75, 3.05) is 17.6 Å². The van der Waals surface area contributed by atoms with Gasteiger partial charge in [-0.15, -0.1) is 0 Å². The van der Waals surface area contributed by atoms with Crippen LogP contribution in [0.25, 0.3) is 0 Å². The van der Waals surface area contributed by atoms with Crippen molar-refractivity contribution in [2.45, 2.75) is 51.0 Å². The predicted octanol–water partition coefficient (Wildman–Crippen LogP) is 0.479. The largest absolute Gasteiger partial charge is 0.479 e. The Morgan fingerprint density at radius 2 is 1.89 bits per heavy atom. The highest BCUT2D eigenvalue weighted by Crippen LogP contribution is 2.30. The molecule has 0 aromatic heterocycles. The standard InChI is InChI=1S/C18H24N2O7S/c1-8-6-10(7-9(2)11(8)20-18-19-4-3-5-28-18)26-17-14(23)12(21)13(22)15(27-17)16(24)25/h6-7,12-15,17,21-23H,3-5H2,1-2H3,(H,19,20)(H,24,25)/t12-,13-,14+,15-,17+/m0/s1. The van der Waals surface area contributed by atoms with Crippen molar-refractivity contribution < 1.29 is 34.7 Å². The number of nitrogens with zero attached hydrogens (tertiary/aromatic N) is 1. The van der Waals surface area contributed by atoms with Crippen LogP contribution in [0.15, 0.2) is 17.1 Å². The third-order valence-corrected chi connectivity index (χ3v) is 5.60. The van der Waals surface area contributed by atoms with E-state index in [-0.39, 0.29) is 0 Å². The van der Waals surface area contributed by atoms with Crippen LogP contribution < -0.4 is 10.1 Å². The Morgan fingerprint density at radius 3 is 2.46 bits per heavy atom. The zero-order chi connectivity index (χ0) is 20.4. The third-order valence-electron chi connectivity index (χ3n) is 4.60. The van der Waals surface area contributed by atoms with Gasteiger partial charge in [0.1, 0.15) is 24.1 Å². The minimum Gasteiger partial charge on any atom is -0.479 e. The fraction of sp³-hybridized carbons (Fsp3) is 0.556. The molecule has 10 heteroatoms. The maximum absolute atomic E-state index is 11.2. The number of aliphatic hydroxyl groups excluding tert-OH is 3. The Kier molecular flexibility index (Phi) is 6.46. The second kappa shape index (κ2) is 8.66. The van der Waals surface area contributed by atoms with Gasteiger partial charge >= 0.3 is 5.97 Å². The molecule has 0 spiro atoms. The van der Waals surface area contributed by atoms with E-state index in [0.29, 0.717) is 5.75 Å². The summed E-state index contributed by atoms with van der Waals surface area (Å²) >= 11 is 1.66. The number of aliphatic hydroxyl groups is 3. The van der Waals surface area contributed by atoms with Gasteiger partial charge in [-0.25, -0.2) is 4.79 Å². The van der Waals surface area contributed by atoms with Gasteiger partial charge in [0.2, 0.25) is 6.29 Å². The van der Waals surface area contributed by atoms with E-state index < -0.39 is 36.7 Å². The molecule has 0 bridgehead atoms. The van der Waals surface area contributed by atoms with Crippen LogP contribution in [-0.4, -0.2) is 74.6 Å². The maximum Gasteiger partial charge on any atom is 0.335 e. The van der Waals surface area contributed by atoms with Crippen molar-refractivity contribution in [3.8, 4) is 5.75 Å². The smallest absolute Gasteiger partial charge is 0.335 e. The lowest BCUT2D eigenvalue weighted by molar-refractivity contribution is -0.271. The Morgan fingerprint density at radius 1 is 1.21 bits per heavy atom. The molecule has 0 radical (unpaired) electrons. The Bertz CT molecular complexity index is 749. The van der Waals surface area contributed by atoms with E-state index in [9.17, 15) is 20.1 Å². The van der Waals surface area contributed by atoms with E-state index in [2.05, 4.69) is 10.3 Å². The third kappa shape index (κ3) is 4.41. The van der Waals surface area contributed by atoms with Crippen molar-refractivity contribution >= 4 is 28.6 Å². The predicted molar refractivity (Wildman–Crippen MR) is 104 cm³/mol. The fourth-order valence-electron chi connectivity index (χ4n) is 3.11. The summed E-state index contributed by atoms with van der Waals surface area (Å²) in [6, 6.07) is 3.43. The highest BCUT2D eigenvalue weighted by Gasteiger charge is 2.48. The molecule has 0 unspecified atom stereocenters. The quantitative estimate of drug-likeness (QED) is 0.477. The molecule has 2 heterocycles. The zero-order valence-corrected chi connectivity index (χ0v) is 16.3. The summed E-state index contributed by atoms with van der Waals surface area (Å²) in [5.41, 5.74) is 2.62. The number of aryl methyl sites for hydroxylation is 2. The number of hydrogen-bond acceptors (Lipinski definition) is 9. The average Bonchev–Trinajstić information content (AvgIpc) is 2.65. The van der Waals surface area contributed by atoms with E-state index in [1.165, 1.54) is 0 Å². The van der Waals surface area contributed by atoms with Crippen LogP contribution in [0, 0.1) is 13.8 Å². The van der Waals surface area contributed by atoms with Gasteiger partial charge in [0.05, 0.1) is 0 Å². The zero-order valence-electron chi connectivity index (χ0n) is 15.5. The number of carbonyl (C=O) groups is 1. The van der Waals surface area contributed by atoms with Crippen LogP contribution in [0.5, 0.6) is 5.75 Å². The molecule has 1 aromatic rings. The van der Waals surface area contributed by atoms with Crippen LogP contribution in [0.2, 0.25) is 0 Å². The molecule has 2 aliphatic heterocycles. The first-order chi connectivity index (χ1) is 13.3. The molecule has 154 valence electrons. The van der Waals surface area contributed by atoms with Crippen molar-refractivity contribution in [3.05, 3.63) is 23.3 Å². The second-order valence-electron chi connectivity index (χ2n) is 6.80. The molecule has 1 fully saturated rings. The fourth-order valence-corrected chi connectivity index (χ4v) is 3.94. The molecular formula is C18H24N2O7S. The lowest BCUT2D eigenvalue weighted by Gasteiger charge is -2.38. The topological polar surface area (TPSA) is 141 Å². The molecule has 9 nitrogen and oxygen atoms in total. The van der Waals surface area contributed by atoms with Gasteiger partial charge in [-0.1, -0.05) is 11.8 Å². The first-order valence-electron chi connectivity index (χ1n) is 8.92. The number of amidine groups is 1. The molecule has 0 aliphatic carbocycles. The number of aliphatic carboxylic acids is 1. The molecular weight excluding hydrogens is 388 g/mol. The summed E-state index contributed by atoms with van der Waals surface area (Å²) in [6.45, 7) is 4.56. The molecule has 2 aliphatic rings. The van der Waals surface area contributed by atoms with Gasteiger partial charge in [-0.05, 0) is 43.5 Å². The van der Waals surface area contributed by atoms with E-state index in [1.54, 1.807) is 23.9 Å². The first kappa shape index (κ1) is 20.9. The number of nitrogens with one attached hydrogen (secondary N) is 1. The molecule has 1 saturated heterocycles. The van der Waals surface area contributed by atoms with Gasteiger partial charge < -0.3 is 35.2 Å². The number of benzene rings is 1. The second-order valence-corrected chi connectivity index (χ2v) is 7.88. The highest BCUT2D eigenvalue weighted by atomic mass is 32.2. The van der Waals surface area contributed by atoms with Gasteiger partial charge in [0.25, 0.3) is 0 Å². The summed E-state index contributed by atoms with van der Waals surface area (Å²) in [4.78, 5) is 15.7. The van der Waals surface area contributed by atoms with Crippen LogP contribution in [0.3, 0.4) is 0 Å². The van der Waals surface area contributed by atoms with Crippen molar-refractivity contribution in [2.24, 2.45) is 4.99 Å². The maximum atomic E-state index is 11.2. The van der Waals surface area contributed by atoms with Gasteiger partial charge in [-0.3, -0.25) is 4.99 Å². The molecule has 3 rings (SSSR count). The minimum atomic E-state index is -1.75. The number of ether oxygens (including phenoxy) is 2. The highest BCUT2D eigenvalue weighted by molar-refractivity contribution is 8.14. The summed E-state index contributed by atoms with van der Waals surface area (Å²) in [5, 5.41) is 43.0. The number of hydrogen-bond donors (Lipinski definition) is 5. The number of aliphatic imine (C=N–C) groups is 1. The van der Waals surface area contributed by atoms with Gasteiger partial charge in [0.15, 0.2) is 11.3 Å². The molecule has 5 atom stereocenters. The summed E-state index contributed by atoms with van der Waals surface area (Å²) in [6.07, 6.45) is -7.14. The van der Waals surface area contributed by atoms with Crippen molar-refractivity contribution in [1.82, 2.24) is 0 Å². The van der Waals surface area contributed by atoms with Gasteiger partial charge in [-0.2, -0.15) is 0 Å². The molecule has 0 saturated carbocycles. The Labute approximate surface area is 166 Å². The van der Waals surface area contributed by atoms with E-state index in [1.807, 2.05) is 13.8 Å². The summed E-state index contributed by atoms with van der Waals surface area (Å²) < 4.78 is 10.8. The molecule has 5 N–H and O–H groups in total. The molecule has 1 aromatic carbocycles. The van der Waals surface area contributed by atoms with Crippen LogP contribution in [-0.2, 0) is 9.53 Å². The number of anilines is 1. The Hall–Kier alpha value is -1.85. The van der Waals surface area contributed by atoms with E-state index in [4.69, 9.17) is 14.6 Å². The van der Waals surface area contributed by atoms with E-state index in [0.717, 1.165) is 40.7 Å². The van der Waals surface area contributed by atoms with Crippen molar-refractivity contribution in [3.63, 3.8) is 0 Å². The number of rotatable bonds is 4. The Balaban J connectivity index is 1.77. The molecule has 0 amide bonds. The monoisotopic (exact) mass is 412 g/mol. The van der Waals surface area contributed by atoms with Gasteiger partial charge in [0, 0.05) is 18.0 Å². The lowest BCUT2D eigenvalue weighted by Crippen LogP contribution is -2.61.